The van der Waals surface area contributed by atoms with Crippen molar-refractivity contribution in [2.24, 2.45) is 0 Å². The zero-order valence-electron chi connectivity index (χ0n) is 20.7. The van der Waals surface area contributed by atoms with Gasteiger partial charge in [0.1, 0.15) is 12.3 Å². The van der Waals surface area contributed by atoms with E-state index in [0.29, 0.717) is 57.4 Å². The maximum Gasteiger partial charge on any atom is 0.418 e. The van der Waals surface area contributed by atoms with Crippen molar-refractivity contribution in [2.75, 3.05) is 48.2 Å². The van der Waals surface area contributed by atoms with Gasteiger partial charge in [-0.3, -0.25) is 15.2 Å². The topological polar surface area (TPSA) is 112 Å². The SMILES string of the molecule is N#Cc1ccc(N2CCN(C(=O)COC3CCC(Nc4ccc(N(O)O)c(C(F)(F)F)c4)CC3)CC2)cc1. The van der Waals surface area contributed by atoms with Crippen molar-refractivity contribution in [3.8, 4) is 6.07 Å². The average molecular weight is 534 g/mol. The summed E-state index contributed by atoms with van der Waals surface area (Å²) in [6.45, 7) is 2.55. The fraction of sp³-hybridized carbons (Fsp3) is 0.462. The molecule has 38 heavy (non-hydrogen) atoms. The number of halogens is 3. The molecule has 0 radical (unpaired) electrons. The second kappa shape index (κ2) is 11.9. The molecule has 3 N–H and O–H groups in total. The number of nitrogens with zero attached hydrogens (tertiary/aromatic N) is 4. The van der Waals surface area contributed by atoms with Crippen LogP contribution in [0.1, 0.15) is 36.8 Å². The van der Waals surface area contributed by atoms with E-state index in [-0.39, 0.29) is 30.3 Å². The van der Waals surface area contributed by atoms with Crippen LogP contribution in [0.3, 0.4) is 0 Å². The van der Waals surface area contributed by atoms with E-state index < -0.39 is 22.7 Å². The minimum absolute atomic E-state index is 0.00511. The zero-order valence-corrected chi connectivity index (χ0v) is 20.7. The molecule has 2 aliphatic rings. The van der Waals surface area contributed by atoms with E-state index in [0.717, 1.165) is 17.8 Å². The van der Waals surface area contributed by atoms with E-state index in [1.807, 2.05) is 12.1 Å². The number of piperazine rings is 1. The second-order valence-electron chi connectivity index (χ2n) is 9.47. The Labute approximate surface area is 218 Å². The number of anilines is 3. The lowest BCUT2D eigenvalue weighted by Crippen LogP contribution is -2.50. The molecule has 0 bridgehead atoms. The quantitative estimate of drug-likeness (QED) is 0.453. The molecule has 2 aromatic carbocycles. The van der Waals surface area contributed by atoms with Crippen LogP contribution in [0.2, 0.25) is 0 Å². The van der Waals surface area contributed by atoms with Crippen molar-refractivity contribution in [3.63, 3.8) is 0 Å². The lowest BCUT2D eigenvalue weighted by molar-refractivity contribution is -0.139. The number of nitriles is 1. The van der Waals surface area contributed by atoms with E-state index in [4.69, 9.17) is 20.4 Å². The summed E-state index contributed by atoms with van der Waals surface area (Å²) in [5.74, 6) is -0.0636. The largest absolute Gasteiger partial charge is 0.418 e. The third-order valence-electron chi connectivity index (χ3n) is 7.00. The normalized spacial score (nSPS) is 20.1. The van der Waals surface area contributed by atoms with E-state index in [1.54, 1.807) is 17.0 Å². The highest BCUT2D eigenvalue weighted by molar-refractivity contribution is 5.77. The van der Waals surface area contributed by atoms with Crippen molar-refractivity contribution >= 4 is 23.0 Å². The second-order valence-corrected chi connectivity index (χ2v) is 9.47. The third kappa shape index (κ3) is 6.86. The monoisotopic (exact) mass is 533 g/mol. The molecule has 0 unspecified atom stereocenters. The van der Waals surface area contributed by atoms with Crippen LogP contribution in [-0.2, 0) is 15.7 Å². The molecule has 2 fully saturated rings. The zero-order chi connectivity index (χ0) is 27.3. The maximum atomic E-state index is 13.3. The van der Waals surface area contributed by atoms with Crippen molar-refractivity contribution in [3.05, 3.63) is 53.6 Å². The summed E-state index contributed by atoms with van der Waals surface area (Å²) >= 11 is 0. The summed E-state index contributed by atoms with van der Waals surface area (Å²) in [6.07, 6.45) is -2.17. The predicted octanol–water partition coefficient (Wildman–Crippen LogP) is 4.25. The third-order valence-corrected chi connectivity index (χ3v) is 7.00. The summed E-state index contributed by atoms with van der Waals surface area (Å²) in [7, 11) is 0. The van der Waals surface area contributed by atoms with E-state index in [1.165, 1.54) is 6.07 Å². The van der Waals surface area contributed by atoms with Crippen LogP contribution in [-0.4, -0.2) is 66.2 Å². The first kappa shape index (κ1) is 27.5. The Kier molecular flexibility index (Phi) is 8.61. The van der Waals surface area contributed by atoms with Gasteiger partial charge in [0.05, 0.1) is 23.3 Å². The number of carbonyl (C=O) groups excluding carboxylic acids is 1. The molecule has 1 aliphatic carbocycles. The lowest BCUT2D eigenvalue weighted by atomic mass is 9.92. The van der Waals surface area contributed by atoms with Crippen LogP contribution in [0.4, 0.5) is 30.2 Å². The van der Waals surface area contributed by atoms with Crippen LogP contribution in [0, 0.1) is 11.3 Å². The van der Waals surface area contributed by atoms with Gasteiger partial charge in [0.15, 0.2) is 0 Å². The van der Waals surface area contributed by atoms with Gasteiger partial charge in [0.2, 0.25) is 5.91 Å². The van der Waals surface area contributed by atoms with Gasteiger partial charge in [-0.05, 0) is 68.1 Å². The van der Waals surface area contributed by atoms with Crippen LogP contribution in [0.5, 0.6) is 0 Å². The molecule has 12 heteroatoms. The highest BCUT2D eigenvalue weighted by Crippen LogP contribution is 2.38. The number of hydrogen-bond acceptors (Lipinski definition) is 8. The molecular formula is C26H30F3N5O4. The molecule has 1 amide bonds. The Hall–Kier alpha value is -3.53. The number of alkyl halides is 3. The Balaban J connectivity index is 1.19. The molecule has 0 spiro atoms. The summed E-state index contributed by atoms with van der Waals surface area (Å²) in [5, 5.41) is 29.6. The number of ether oxygens (including phenoxy) is 1. The fourth-order valence-corrected chi connectivity index (χ4v) is 4.88. The molecule has 204 valence electrons. The summed E-state index contributed by atoms with van der Waals surface area (Å²) in [6, 6.07) is 12.6. The molecule has 4 rings (SSSR count). The first-order valence-corrected chi connectivity index (χ1v) is 12.4. The van der Waals surface area contributed by atoms with Gasteiger partial charge in [-0.1, -0.05) is 0 Å². The average Bonchev–Trinajstić information content (AvgIpc) is 2.92. The van der Waals surface area contributed by atoms with Gasteiger partial charge in [-0.25, -0.2) is 0 Å². The van der Waals surface area contributed by atoms with Crippen molar-refractivity contribution in [1.82, 2.24) is 4.90 Å². The molecule has 1 aliphatic heterocycles. The summed E-state index contributed by atoms with van der Waals surface area (Å²) < 4.78 is 45.7. The minimum atomic E-state index is -4.74. The van der Waals surface area contributed by atoms with Crippen LogP contribution >= 0.6 is 0 Å². The molecular weight excluding hydrogens is 503 g/mol. The highest BCUT2D eigenvalue weighted by Gasteiger charge is 2.35. The minimum Gasteiger partial charge on any atom is -0.382 e. The van der Waals surface area contributed by atoms with Crippen molar-refractivity contribution in [1.29, 1.82) is 5.26 Å². The molecule has 1 saturated heterocycles. The number of hydrogen-bond donors (Lipinski definition) is 3. The molecule has 1 saturated carbocycles. The summed E-state index contributed by atoms with van der Waals surface area (Å²) in [5.41, 5.74) is -0.0353. The summed E-state index contributed by atoms with van der Waals surface area (Å²) in [4.78, 5) is 16.6. The van der Waals surface area contributed by atoms with Gasteiger partial charge in [0, 0.05) is 43.6 Å². The lowest BCUT2D eigenvalue weighted by Gasteiger charge is -2.36. The standard InChI is InChI=1S/C26H30F3N5O4/c27-26(28,29)23-15-20(5-10-24(23)34(36)37)31-19-3-8-22(9-4-19)38-17-25(35)33-13-11-32(12-14-33)21-6-1-18(16-30)2-7-21/h1-2,5-7,10,15,19,22,31,36-37H,3-4,8-9,11-14,17H2. The first-order valence-electron chi connectivity index (χ1n) is 12.4. The van der Waals surface area contributed by atoms with Crippen molar-refractivity contribution < 1.29 is 33.1 Å². The molecule has 9 nitrogen and oxygen atoms in total. The maximum absolute atomic E-state index is 13.3. The number of benzene rings is 2. The van der Waals surface area contributed by atoms with Crippen LogP contribution in [0.25, 0.3) is 0 Å². The number of carbonyl (C=O) groups is 1. The predicted molar refractivity (Wildman–Crippen MR) is 133 cm³/mol. The van der Waals surface area contributed by atoms with Crippen LogP contribution in [0.15, 0.2) is 42.5 Å². The number of amides is 1. The van der Waals surface area contributed by atoms with E-state index in [2.05, 4.69) is 16.3 Å². The molecule has 0 atom stereocenters. The Morgan fingerprint density at radius 3 is 2.29 bits per heavy atom. The van der Waals surface area contributed by atoms with E-state index >= 15 is 0 Å². The van der Waals surface area contributed by atoms with E-state index in [9.17, 15) is 18.0 Å². The van der Waals surface area contributed by atoms with Crippen molar-refractivity contribution in [2.45, 2.75) is 44.0 Å². The van der Waals surface area contributed by atoms with Gasteiger partial charge in [0.25, 0.3) is 0 Å². The molecule has 2 aromatic rings. The molecule has 0 aromatic heterocycles. The first-order chi connectivity index (χ1) is 18.1. The number of nitrogens with one attached hydrogen (secondary N) is 1. The van der Waals surface area contributed by atoms with Gasteiger partial charge >= 0.3 is 6.18 Å². The Morgan fingerprint density at radius 1 is 1.05 bits per heavy atom. The van der Waals surface area contributed by atoms with Gasteiger partial charge in [-0.2, -0.15) is 18.4 Å². The smallest absolute Gasteiger partial charge is 0.382 e. The molecule has 1 heterocycles. The van der Waals surface area contributed by atoms with Gasteiger partial charge in [-0.15, -0.1) is 5.23 Å². The Bertz CT molecular complexity index is 1140. The number of rotatable bonds is 7. The highest BCUT2D eigenvalue weighted by atomic mass is 19.4. The van der Waals surface area contributed by atoms with Gasteiger partial charge < -0.3 is 19.9 Å². The van der Waals surface area contributed by atoms with Crippen LogP contribution < -0.4 is 15.4 Å². The fourth-order valence-electron chi connectivity index (χ4n) is 4.88. The Morgan fingerprint density at radius 2 is 1.71 bits per heavy atom.